The lowest BCUT2D eigenvalue weighted by Crippen LogP contribution is -2.01. The van der Waals surface area contributed by atoms with E-state index in [-0.39, 0.29) is 0 Å². The summed E-state index contributed by atoms with van der Waals surface area (Å²) in [5, 5.41) is 9.72. The van der Waals surface area contributed by atoms with Gasteiger partial charge < -0.3 is 9.84 Å². The molecule has 0 aliphatic heterocycles. The molecule has 0 bridgehead atoms. The van der Waals surface area contributed by atoms with Crippen LogP contribution in [0, 0.1) is 0 Å². The van der Waals surface area contributed by atoms with Crippen LogP contribution in [0.3, 0.4) is 0 Å². The zero-order valence-electron chi connectivity index (χ0n) is 12.3. The van der Waals surface area contributed by atoms with Gasteiger partial charge in [0.05, 0.1) is 6.10 Å². The average Bonchev–Trinajstić information content (AvgIpc) is 2.45. The summed E-state index contributed by atoms with van der Waals surface area (Å²) in [5.41, 5.74) is 3.29. The molecule has 0 saturated heterocycles. The van der Waals surface area contributed by atoms with Gasteiger partial charge in [-0.1, -0.05) is 56.3 Å². The van der Waals surface area contributed by atoms with Crippen molar-refractivity contribution in [2.24, 2.45) is 0 Å². The minimum atomic E-state index is -0.519. The predicted molar refractivity (Wildman–Crippen MR) is 81.9 cm³/mol. The van der Waals surface area contributed by atoms with Crippen LogP contribution in [0.25, 0.3) is 0 Å². The molecule has 106 valence electrons. The summed E-state index contributed by atoms with van der Waals surface area (Å²) in [4.78, 5) is 0. The van der Waals surface area contributed by atoms with Crippen molar-refractivity contribution in [3.05, 3.63) is 65.2 Å². The number of rotatable bonds is 5. The van der Waals surface area contributed by atoms with Crippen LogP contribution in [0.15, 0.2) is 48.5 Å². The molecule has 0 heterocycles. The quantitative estimate of drug-likeness (QED) is 0.870. The van der Waals surface area contributed by atoms with Crippen molar-refractivity contribution in [1.29, 1.82) is 0 Å². The van der Waals surface area contributed by atoms with Crippen LogP contribution >= 0.6 is 0 Å². The maximum Gasteiger partial charge on any atom is 0.125 e. The van der Waals surface area contributed by atoms with Gasteiger partial charge >= 0.3 is 0 Å². The Hall–Kier alpha value is -1.80. The summed E-state index contributed by atoms with van der Waals surface area (Å²) in [7, 11) is 0. The standard InChI is InChI=1S/C18H22O2/c1-13(2)16-10-8-15(9-11-16)12-20-18-7-5-4-6-17(18)14(3)19/h4-11,13-14,19H,12H2,1-3H3/t14-/m1/s1. The van der Waals surface area contributed by atoms with Gasteiger partial charge in [-0.25, -0.2) is 0 Å². The van der Waals surface area contributed by atoms with Gasteiger partial charge in [0.2, 0.25) is 0 Å². The zero-order valence-corrected chi connectivity index (χ0v) is 12.3. The normalized spacial score (nSPS) is 12.4. The first-order valence-corrected chi connectivity index (χ1v) is 7.06. The molecule has 1 atom stereocenters. The third kappa shape index (κ3) is 3.61. The highest BCUT2D eigenvalue weighted by Crippen LogP contribution is 2.25. The topological polar surface area (TPSA) is 29.5 Å². The van der Waals surface area contributed by atoms with Crippen molar-refractivity contribution >= 4 is 0 Å². The molecule has 0 saturated carbocycles. The zero-order chi connectivity index (χ0) is 14.5. The molecule has 0 aromatic heterocycles. The van der Waals surface area contributed by atoms with Gasteiger partial charge in [-0.2, -0.15) is 0 Å². The first kappa shape index (κ1) is 14.6. The van der Waals surface area contributed by atoms with Gasteiger partial charge in [-0.3, -0.25) is 0 Å². The van der Waals surface area contributed by atoms with Crippen LogP contribution in [0.4, 0.5) is 0 Å². The number of aliphatic hydroxyl groups is 1. The van der Waals surface area contributed by atoms with E-state index in [2.05, 4.69) is 38.1 Å². The lowest BCUT2D eigenvalue weighted by Gasteiger charge is -2.13. The van der Waals surface area contributed by atoms with Gasteiger partial charge in [0.25, 0.3) is 0 Å². The van der Waals surface area contributed by atoms with E-state index in [0.717, 1.165) is 16.9 Å². The van der Waals surface area contributed by atoms with Gasteiger partial charge in [0.1, 0.15) is 12.4 Å². The van der Waals surface area contributed by atoms with Crippen molar-refractivity contribution in [2.45, 2.75) is 39.4 Å². The van der Waals surface area contributed by atoms with Crippen LogP contribution in [0.1, 0.15) is 49.5 Å². The van der Waals surface area contributed by atoms with Crippen LogP contribution in [-0.4, -0.2) is 5.11 Å². The van der Waals surface area contributed by atoms with Crippen molar-refractivity contribution in [1.82, 2.24) is 0 Å². The molecule has 20 heavy (non-hydrogen) atoms. The van der Waals surface area contributed by atoms with Crippen molar-refractivity contribution in [2.75, 3.05) is 0 Å². The Morgan fingerprint density at radius 2 is 1.60 bits per heavy atom. The lowest BCUT2D eigenvalue weighted by atomic mass is 10.0. The fraction of sp³-hybridized carbons (Fsp3) is 0.333. The lowest BCUT2D eigenvalue weighted by molar-refractivity contribution is 0.190. The second kappa shape index (κ2) is 6.58. The van der Waals surface area contributed by atoms with E-state index in [0.29, 0.717) is 12.5 Å². The van der Waals surface area contributed by atoms with E-state index in [1.54, 1.807) is 6.92 Å². The van der Waals surface area contributed by atoms with E-state index < -0.39 is 6.10 Å². The molecule has 2 aromatic rings. The molecule has 2 heteroatoms. The summed E-state index contributed by atoms with van der Waals surface area (Å²) in [6.07, 6.45) is -0.519. The molecular weight excluding hydrogens is 248 g/mol. The Bertz CT molecular complexity index is 542. The minimum Gasteiger partial charge on any atom is -0.489 e. The fourth-order valence-corrected chi connectivity index (χ4v) is 2.12. The molecule has 0 fully saturated rings. The summed E-state index contributed by atoms with van der Waals surface area (Å²) < 4.78 is 5.82. The van der Waals surface area contributed by atoms with Crippen LogP contribution in [0.5, 0.6) is 5.75 Å². The Balaban J connectivity index is 2.05. The maximum absolute atomic E-state index is 9.72. The highest BCUT2D eigenvalue weighted by Gasteiger charge is 2.08. The Kier molecular flexibility index (Phi) is 4.80. The summed E-state index contributed by atoms with van der Waals surface area (Å²) in [5.74, 6) is 1.29. The van der Waals surface area contributed by atoms with Crippen molar-refractivity contribution in [3.63, 3.8) is 0 Å². The van der Waals surface area contributed by atoms with Crippen LogP contribution < -0.4 is 4.74 Å². The van der Waals surface area contributed by atoms with Crippen molar-refractivity contribution < 1.29 is 9.84 Å². The van der Waals surface area contributed by atoms with Gasteiger partial charge in [-0.05, 0) is 30.0 Å². The molecule has 0 aliphatic rings. The first-order chi connectivity index (χ1) is 9.58. The molecule has 0 amide bonds. The Morgan fingerprint density at radius 3 is 2.20 bits per heavy atom. The van der Waals surface area contributed by atoms with Gasteiger partial charge in [-0.15, -0.1) is 0 Å². The highest BCUT2D eigenvalue weighted by molar-refractivity contribution is 5.35. The number of hydrogen-bond donors (Lipinski definition) is 1. The van der Waals surface area contributed by atoms with E-state index in [9.17, 15) is 5.11 Å². The number of benzene rings is 2. The largest absolute Gasteiger partial charge is 0.489 e. The SMILES string of the molecule is CC(C)c1ccc(COc2ccccc2[C@@H](C)O)cc1. The smallest absolute Gasteiger partial charge is 0.125 e. The average molecular weight is 270 g/mol. The molecule has 2 nitrogen and oxygen atoms in total. The molecular formula is C18H22O2. The number of hydrogen-bond acceptors (Lipinski definition) is 2. The summed E-state index contributed by atoms with van der Waals surface area (Å²) in [6.45, 7) is 6.64. The molecule has 0 spiro atoms. The molecule has 2 rings (SSSR count). The Labute approximate surface area is 121 Å². The molecule has 0 unspecified atom stereocenters. The third-order valence-corrected chi connectivity index (χ3v) is 3.41. The molecule has 0 aliphatic carbocycles. The second-order valence-electron chi connectivity index (χ2n) is 5.40. The van der Waals surface area contributed by atoms with E-state index in [1.165, 1.54) is 5.56 Å². The number of ether oxygens (including phenoxy) is 1. The van der Waals surface area contributed by atoms with Crippen LogP contribution in [-0.2, 0) is 6.61 Å². The third-order valence-electron chi connectivity index (χ3n) is 3.41. The highest BCUT2D eigenvalue weighted by atomic mass is 16.5. The predicted octanol–water partition coefficient (Wildman–Crippen LogP) is 4.44. The monoisotopic (exact) mass is 270 g/mol. The second-order valence-corrected chi connectivity index (χ2v) is 5.40. The fourth-order valence-electron chi connectivity index (χ4n) is 2.12. The minimum absolute atomic E-state index is 0.516. The number of aliphatic hydroxyl groups excluding tert-OH is 1. The van der Waals surface area contributed by atoms with Gasteiger partial charge in [0, 0.05) is 5.56 Å². The molecule has 1 N–H and O–H groups in total. The van der Waals surface area contributed by atoms with Gasteiger partial charge in [0.15, 0.2) is 0 Å². The van der Waals surface area contributed by atoms with E-state index >= 15 is 0 Å². The summed E-state index contributed by atoms with van der Waals surface area (Å²) >= 11 is 0. The number of para-hydroxylation sites is 1. The summed E-state index contributed by atoms with van der Waals surface area (Å²) in [6, 6.07) is 16.1. The molecule has 0 radical (unpaired) electrons. The Morgan fingerprint density at radius 1 is 0.950 bits per heavy atom. The molecule has 2 aromatic carbocycles. The van der Waals surface area contributed by atoms with Crippen LogP contribution in [0.2, 0.25) is 0 Å². The maximum atomic E-state index is 9.72. The van der Waals surface area contributed by atoms with E-state index in [4.69, 9.17) is 4.74 Å². The first-order valence-electron chi connectivity index (χ1n) is 7.06. The van der Waals surface area contributed by atoms with Crippen molar-refractivity contribution in [3.8, 4) is 5.75 Å². The van der Waals surface area contributed by atoms with E-state index in [1.807, 2.05) is 24.3 Å².